The molecule has 3 rings (SSSR count). The van der Waals surface area contributed by atoms with Crippen molar-refractivity contribution in [3.8, 4) is 17.0 Å². The summed E-state index contributed by atoms with van der Waals surface area (Å²) in [4.78, 5) is 19.9. The van der Waals surface area contributed by atoms with Gasteiger partial charge in [0, 0.05) is 24.2 Å². The number of rotatable bonds is 5. The van der Waals surface area contributed by atoms with Crippen LogP contribution in [-0.2, 0) is 11.3 Å². The van der Waals surface area contributed by atoms with E-state index in [2.05, 4.69) is 9.97 Å². The Bertz CT molecular complexity index is 818. The molecule has 0 unspecified atom stereocenters. The molecule has 0 spiro atoms. The summed E-state index contributed by atoms with van der Waals surface area (Å²) in [6.45, 7) is 0.484. The van der Waals surface area contributed by atoms with E-state index < -0.39 is 0 Å². The van der Waals surface area contributed by atoms with Crippen molar-refractivity contribution in [1.29, 1.82) is 0 Å². The summed E-state index contributed by atoms with van der Waals surface area (Å²) in [7, 11) is 1.36. The van der Waals surface area contributed by atoms with E-state index in [9.17, 15) is 4.79 Å². The zero-order chi connectivity index (χ0) is 16.8. The molecule has 0 aliphatic rings. The molecule has 0 amide bonds. The van der Waals surface area contributed by atoms with Crippen molar-refractivity contribution in [2.75, 3.05) is 7.11 Å². The lowest BCUT2D eigenvalue weighted by Gasteiger charge is -2.08. The highest BCUT2D eigenvalue weighted by molar-refractivity contribution is 5.90. The average Bonchev–Trinajstić information content (AvgIpc) is 2.67. The Morgan fingerprint density at radius 2 is 1.75 bits per heavy atom. The van der Waals surface area contributed by atoms with Crippen molar-refractivity contribution in [3.63, 3.8) is 0 Å². The molecule has 24 heavy (non-hydrogen) atoms. The predicted molar refractivity (Wildman–Crippen MR) is 89.6 cm³/mol. The van der Waals surface area contributed by atoms with Crippen LogP contribution < -0.4 is 4.74 Å². The molecule has 0 atom stereocenters. The minimum Gasteiger partial charge on any atom is -0.489 e. The number of pyridine rings is 2. The van der Waals surface area contributed by atoms with Crippen LogP contribution in [0.2, 0.25) is 0 Å². The van der Waals surface area contributed by atoms with Crippen molar-refractivity contribution < 1.29 is 14.3 Å². The lowest BCUT2D eigenvalue weighted by atomic mass is 10.1. The first-order chi connectivity index (χ1) is 11.8. The highest BCUT2D eigenvalue weighted by Crippen LogP contribution is 2.22. The number of aromatic nitrogens is 2. The van der Waals surface area contributed by atoms with Gasteiger partial charge in [0.2, 0.25) is 0 Å². The number of nitrogens with zero attached hydrogens (tertiary/aromatic N) is 2. The van der Waals surface area contributed by atoms with Gasteiger partial charge in [0.15, 0.2) is 0 Å². The van der Waals surface area contributed by atoms with Crippen molar-refractivity contribution in [2.24, 2.45) is 0 Å². The highest BCUT2D eigenvalue weighted by atomic mass is 16.5. The van der Waals surface area contributed by atoms with E-state index in [-0.39, 0.29) is 5.97 Å². The van der Waals surface area contributed by atoms with Gasteiger partial charge >= 0.3 is 5.97 Å². The first kappa shape index (κ1) is 15.7. The van der Waals surface area contributed by atoms with Gasteiger partial charge < -0.3 is 9.47 Å². The van der Waals surface area contributed by atoms with Crippen LogP contribution in [0.25, 0.3) is 11.3 Å². The molecule has 0 radical (unpaired) electrons. The Labute approximate surface area is 139 Å². The molecule has 0 fully saturated rings. The summed E-state index contributed by atoms with van der Waals surface area (Å²) in [5.74, 6) is 0.385. The maximum absolute atomic E-state index is 11.6. The van der Waals surface area contributed by atoms with Gasteiger partial charge in [0.05, 0.1) is 18.4 Å². The normalized spacial score (nSPS) is 10.2. The van der Waals surface area contributed by atoms with Gasteiger partial charge in [-0.15, -0.1) is 0 Å². The summed E-state index contributed by atoms with van der Waals surface area (Å²) < 4.78 is 10.5. The van der Waals surface area contributed by atoms with Gasteiger partial charge in [-0.3, -0.25) is 9.97 Å². The number of esters is 1. The topological polar surface area (TPSA) is 61.3 Å². The van der Waals surface area contributed by atoms with Crippen LogP contribution in [0.4, 0.5) is 0 Å². The van der Waals surface area contributed by atoms with E-state index >= 15 is 0 Å². The highest BCUT2D eigenvalue weighted by Gasteiger charge is 2.08. The van der Waals surface area contributed by atoms with Crippen molar-refractivity contribution >= 4 is 5.97 Å². The average molecular weight is 320 g/mol. The third kappa shape index (κ3) is 3.76. The van der Waals surface area contributed by atoms with E-state index in [4.69, 9.17) is 9.47 Å². The van der Waals surface area contributed by atoms with Crippen LogP contribution in [0.15, 0.2) is 67.1 Å². The van der Waals surface area contributed by atoms with E-state index in [0.717, 1.165) is 16.9 Å². The van der Waals surface area contributed by atoms with E-state index in [1.165, 1.54) is 7.11 Å². The monoisotopic (exact) mass is 320 g/mol. The molecule has 5 nitrogen and oxygen atoms in total. The van der Waals surface area contributed by atoms with Gasteiger partial charge in [0.1, 0.15) is 12.4 Å². The number of ether oxygens (including phenoxy) is 2. The molecule has 3 aromatic rings. The van der Waals surface area contributed by atoms with Crippen molar-refractivity contribution in [3.05, 3.63) is 78.2 Å². The zero-order valence-corrected chi connectivity index (χ0v) is 13.2. The third-order valence-corrected chi connectivity index (χ3v) is 3.49. The smallest absolute Gasteiger partial charge is 0.337 e. The number of carbonyl (C=O) groups is 1. The van der Waals surface area contributed by atoms with Crippen LogP contribution >= 0.6 is 0 Å². The van der Waals surface area contributed by atoms with Crippen LogP contribution in [-0.4, -0.2) is 23.0 Å². The number of benzene rings is 1. The minimum atomic E-state index is -0.379. The molecular weight excluding hydrogens is 304 g/mol. The second-order valence-electron chi connectivity index (χ2n) is 5.09. The van der Waals surface area contributed by atoms with E-state index in [1.54, 1.807) is 30.7 Å². The molecule has 5 heteroatoms. The number of methoxy groups -OCH3 is 1. The quantitative estimate of drug-likeness (QED) is 0.673. The van der Waals surface area contributed by atoms with E-state index in [1.807, 2.05) is 36.4 Å². The molecule has 2 aromatic heterocycles. The van der Waals surface area contributed by atoms with Crippen molar-refractivity contribution in [1.82, 2.24) is 9.97 Å². The predicted octanol–water partition coefficient (Wildman–Crippen LogP) is 3.51. The lowest BCUT2D eigenvalue weighted by Crippen LogP contribution is -2.01. The molecule has 1 aromatic carbocycles. The maximum atomic E-state index is 11.6. The summed E-state index contributed by atoms with van der Waals surface area (Å²) in [6.07, 6.45) is 5.07. The summed E-state index contributed by atoms with van der Waals surface area (Å²) in [5.41, 5.74) is 3.14. The first-order valence-electron chi connectivity index (χ1n) is 7.43. The SMILES string of the molecule is COC(=O)c1ccnc(-c2ccc(OCc3ccncc3)cc2)c1. The molecule has 0 bridgehead atoms. The zero-order valence-electron chi connectivity index (χ0n) is 13.2. The molecule has 120 valence electrons. The standard InChI is InChI=1S/C19H16N2O3/c1-23-19(22)16-8-11-21-18(12-16)15-2-4-17(5-3-15)24-13-14-6-9-20-10-7-14/h2-12H,13H2,1H3. The van der Waals surface area contributed by atoms with Gasteiger partial charge in [-0.05, 0) is 54.1 Å². The van der Waals surface area contributed by atoms with E-state index in [0.29, 0.717) is 17.9 Å². The fraction of sp³-hybridized carbons (Fsp3) is 0.105. The third-order valence-electron chi connectivity index (χ3n) is 3.49. The Balaban J connectivity index is 1.71. The largest absolute Gasteiger partial charge is 0.489 e. The second kappa shape index (κ2) is 7.37. The van der Waals surface area contributed by atoms with Gasteiger partial charge in [-0.1, -0.05) is 0 Å². The first-order valence-corrected chi connectivity index (χ1v) is 7.43. The van der Waals surface area contributed by atoms with Gasteiger partial charge in [0.25, 0.3) is 0 Å². The summed E-state index contributed by atoms with van der Waals surface area (Å²) in [5, 5.41) is 0. The number of carbonyl (C=O) groups excluding carboxylic acids is 1. The number of hydrogen-bond donors (Lipinski definition) is 0. The van der Waals surface area contributed by atoms with Crippen LogP contribution in [0.5, 0.6) is 5.75 Å². The van der Waals surface area contributed by atoms with Gasteiger partial charge in [-0.25, -0.2) is 4.79 Å². The van der Waals surface area contributed by atoms with Crippen molar-refractivity contribution in [2.45, 2.75) is 6.61 Å². The fourth-order valence-electron chi connectivity index (χ4n) is 2.20. The number of hydrogen-bond acceptors (Lipinski definition) is 5. The van der Waals surface area contributed by atoms with Crippen LogP contribution in [0.1, 0.15) is 15.9 Å². The summed E-state index contributed by atoms with van der Waals surface area (Å²) >= 11 is 0. The Hall–Kier alpha value is -3.21. The molecule has 2 heterocycles. The fourth-order valence-corrected chi connectivity index (χ4v) is 2.20. The molecule has 0 aliphatic carbocycles. The Morgan fingerprint density at radius 3 is 2.46 bits per heavy atom. The molecule has 0 N–H and O–H groups in total. The Morgan fingerprint density at radius 1 is 1.00 bits per heavy atom. The maximum Gasteiger partial charge on any atom is 0.337 e. The molecule has 0 saturated carbocycles. The van der Waals surface area contributed by atoms with Gasteiger partial charge in [-0.2, -0.15) is 0 Å². The minimum absolute atomic E-state index is 0.379. The molecular formula is C19H16N2O3. The van der Waals surface area contributed by atoms with Crippen LogP contribution in [0, 0.1) is 0 Å². The Kier molecular flexibility index (Phi) is 4.81. The molecule has 0 aliphatic heterocycles. The van der Waals surface area contributed by atoms with Crippen LogP contribution in [0.3, 0.4) is 0 Å². The molecule has 0 saturated heterocycles. The second-order valence-corrected chi connectivity index (χ2v) is 5.09. The lowest BCUT2D eigenvalue weighted by molar-refractivity contribution is 0.0600. The summed E-state index contributed by atoms with van der Waals surface area (Å²) in [6, 6.07) is 14.7.